The normalized spacial score (nSPS) is 11.7. The Hall–Kier alpha value is -1.44. The maximum atomic E-state index is 11.8. The van der Waals surface area contributed by atoms with Gasteiger partial charge in [0, 0.05) is 11.2 Å². The van der Waals surface area contributed by atoms with Crippen LogP contribution in [0.4, 0.5) is 0 Å². The molecule has 0 aliphatic heterocycles. The van der Waals surface area contributed by atoms with Gasteiger partial charge >= 0.3 is 5.97 Å². The van der Waals surface area contributed by atoms with E-state index < -0.39 is 10.0 Å². The Morgan fingerprint density at radius 2 is 2.10 bits per heavy atom. The van der Waals surface area contributed by atoms with E-state index in [2.05, 4.69) is 4.72 Å². The molecular formula is C13H15NO4S2. The van der Waals surface area contributed by atoms with Crippen LogP contribution in [-0.4, -0.2) is 33.8 Å². The highest BCUT2D eigenvalue weighted by atomic mass is 32.2. The number of hydrogen-bond acceptors (Lipinski definition) is 5. The Bertz CT molecular complexity index is 673. The smallest absolute Gasteiger partial charge is 0.348 e. The number of benzene rings is 1. The zero-order valence-corrected chi connectivity index (χ0v) is 12.6. The van der Waals surface area contributed by atoms with Crippen LogP contribution in [0.5, 0.6) is 0 Å². The van der Waals surface area contributed by atoms with E-state index in [1.807, 2.05) is 24.3 Å². The van der Waals surface area contributed by atoms with E-state index in [4.69, 9.17) is 4.74 Å². The molecule has 0 fully saturated rings. The van der Waals surface area contributed by atoms with Crippen LogP contribution in [0.3, 0.4) is 0 Å². The summed E-state index contributed by atoms with van der Waals surface area (Å²) >= 11 is 1.39. The molecule has 0 unspecified atom stereocenters. The number of carbonyl (C=O) groups excluding carboxylic acids is 1. The predicted molar refractivity (Wildman–Crippen MR) is 79.6 cm³/mol. The maximum Gasteiger partial charge on any atom is 0.348 e. The van der Waals surface area contributed by atoms with E-state index in [0.29, 0.717) is 11.3 Å². The summed E-state index contributed by atoms with van der Waals surface area (Å²) in [7, 11) is -3.18. The van der Waals surface area contributed by atoms with Gasteiger partial charge < -0.3 is 4.74 Å². The summed E-state index contributed by atoms with van der Waals surface area (Å²) in [4.78, 5) is 12.4. The molecule has 0 aliphatic carbocycles. The van der Waals surface area contributed by atoms with Crippen molar-refractivity contribution in [2.24, 2.45) is 0 Å². The van der Waals surface area contributed by atoms with Crippen LogP contribution in [-0.2, 0) is 14.8 Å². The summed E-state index contributed by atoms with van der Waals surface area (Å²) in [5.41, 5.74) is 0. The van der Waals surface area contributed by atoms with Gasteiger partial charge in [-0.15, -0.1) is 11.3 Å². The third kappa shape index (κ3) is 4.29. The molecule has 20 heavy (non-hydrogen) atoms. The van der Waals surface area contributed by atoms with Crippen molar-refractivity contribution >= 4 is 37.4 Å². The number of ether oxygens (including phenoxy) is 1. The van der Waals surface area contributed by atoms with Gasteiger partial charge in [0.05, 0.1) is 12.9 Å². The molecule has 0 saturated carbocycles. The lowest BCUT2D eigenvalue weighted by atomic mass is 10.2. The van der Waals surface area contributed by atoms with E-state index in [0.717, 1.165) is 16.3 Å². The fourth-order valence-corrected chi connectivity index (χ4v) is 3.12. The van der Waals surface area contributed by atoms with Crippen LogP contribution in [0.25, 0.3) is 10.1 Å². The van der Waals surface area contributed by atoms with Crippen molar-refractivity contribution in [3.05, 3.63) is 35.2 Å². The molecule has 7 heteroatoms. The second-order valence-corrected chi connectivity index (χ2v) is 7.22. The monoisotopic (exact) mass is 313 g/mol. The van der Waals surface area contributed by atoms with Crippen LogP contribution in [0.1, 0.15) is 16.1 Å². The number of nitrogens with one attached hydrogen (secondary N) is 1. The molecule has 0 atom stereocenters. The number of rotatable bonds is 6. The molecule has 2 rings (SSSR count). The number of esters is 1. The van der Waals surface area contributed by atoms with Crippen molar-refractivity contribution in [2.75, 3.05) is 19.4 Å². The van der Waals surface area contributed by atoms with E-state index in [9.17, 15) is 13.2 Å². The van der Waals surface area contributed by atoms with Gasteiger partial charge in [0.15, 0.2) is 0 Å². The zero-order chi connectivity index (χ0) is 14.6. The number of fused-ring (bicyclic) bond motifs is 1. The Morgan fingerprint density at radius 3 is 2.80 bits per heavy atom. The predicted octanol–water partition coefficient (Wildman–Crippen LogP) is 2.00. The standard InChI is InChI=1S/C13H15NO4S2/c1-20(16,17)14-7-4-8-18-13(15)12-9-10-5-2-3-6-11(10)19-12/h2-3,5-6,9,14H,4,7-8H2,1H3. The molecule has 0 aliphatic rings. The summed E-state index contributed by atoms with van der Waals surface area (Å²) in [5.74, 6) is -0.370. The van der Waals surface area contributed by atoms with Gasteiger partial charge in [-0.3, -0.25) is 0 Å². The Morgan fingerprint density at radius 1 is 1.35 bits per heavy atom. The van der Waals surface area contributed by atoms with Gasteiger partial charge in [-0.1, -0.05) is 18.2 Å². The lowest BCUT2D eigenvalue weighted by Gasteiger charge is -2.03. The second-order valence-electron chi connectivity index (χ2n) is 4.30. The van der Waals surface area contributed by atoms with Gasteiger partial charge in [0.1, 0.15) is 4.88 Å². The van der Waals surface area contributed by atoms with E-state index in [1.54, 1.807) is 6.07 Å². The van der Waals surface area contributed by atoms with E-state index in [-0.39, 0.29) is 19.1 Å². The maximum absolute atomic E-state index is 11.8. The minimum absolute atomic E-state index is 0.190. The highest BCUT2D eigenvalue weighted by Gasteiger charge is 2.11. The molecule has 5 nitrogen and oxygen atoms in total. The van der Waals surface area contributed by atoms with Gasteiger partial charge in [0.2, 0.25) is 10.0 Å². The van der Waals surface area contributed by atoms with Gasteiger partial charge in [-0.25, -0.2) is 17.9 Å². The number of hydrogen-bond donors (Lipinski definition) is 1. The first-order chi connectivity index (χ1) is 9.46. The average Bonchev–Trinajstić information content (AvgIpc) is 2.80. The molecule has 0 bridgehead atoms. The molecule has 0 spiro atoms. The first-order valence-corrected chi connectivity index (χ1v) is 8.77. The summed E-state index contributed by atoms with van der Waals surface area (Å²) in [6, 6.07) is 9.54. The SMILES string of the molecule is CS(=O)(=O)NCCCOC(=O)c1cc2ccccc2s1. The van der Waals surface area contributed by atoms with E-state index >= 15 is 0 Å². The topological polar surface area (TPSA) is 72.5 Å². The van der Waals surface area contributed by atoms with Gasteiger partial charge in [-0.2, -0.15) is 0 Å². The largest absolute Gasteiger partial charge is 0.461 e. The first kappa shape index (κ1) is 15.0. The van der Waals surface area contributed by atoms with Crippen LogP contribution >= 0.6 is 11.3 Å². The summed E-state index contributed by atoms with van der Waals surface area (Å²) in [6.45, 7) is 0.453. The molecule has 1 aromatic heterocycles. The fraction of sp³-hybridized carbons (Fsp3) is 0.308. The number of sulfonamides is 1. The van der Waals surface area contributed by atoms with E-state index in [1.165, 1.54) is 11.3 Å². The Balaban J connectivity index is 1.83. The lowest BCUT2D eigenvalue weighted by Crippen LogP contribution is -2.24. The number of thiophene rings is 1. The third-order valence-corrected chi connectivity index (χ3v) is 4.37. The molecule has 0 radical (unpaired) electrons. The van der Waals surface area contributed by atoms with Crippen LogP contribution in [0.15, 0.2) is 30.3 Å². The molecule has 1 heterocycles. The first-order valence-electron chi connectivity index (χ1n) is 6.06. The summed E-state index contributed by atoms with van der Waals surface area (Å²) < 4.78 is 30.2. The van der Waals surface area contributed by atoms with Crippen molar-refractivity contribution in [3.63, 3.8) is 0 Å². The molecule has 0 saturated heterocycles. The minimum Gasteiger partial charge on any atom is -0.461 e. The quantitative estimate of drug-likeness (QED) is 0.654. The second kappa shape index (κ2) is 6.34. The molecular weight excluding hydrogens is 298 g/mol. The zero-order valence-electron chi connectivity index (χ0n) is 11.0. The molecule has 2 aromatic rings. The minimum atomic E-state index is -3.18. The van der Waals surface area contributed by atoms with Crippen molar-refractivity contribution in [2.45, 2.75) is 6.42 Å². The molecule has 1 N–H and O–H groups in total. The highest BCUT2D eigenvalue weighted by molar-refractivity contribution is 7.88. The average molecular weight is 313 g/mol. The van der Waals surface area contributed by atoms with Gasteiger partial charge in [0.25, 0.3) is 0 Å². The Kier molecular flexibility index (Phi) is 4.74. The van der Waals surface area contributed by atoms with Crippen LogP contribution in [0, 0.1) is 0 Å². The highest BCUT2D eigenvalue weighted by Crippen LogP contribution is 2.25. The molecule has 108 valence electrons. The van der Waals surface area contributed by atoms with Crippen molar-refractivity contribution in [3.8, 4) is 0 Å². The van der Waals surface area contributed by atoms with Gasteiger partial charge in [-0.05, 0) is 23.9 Å². The summed E-state index contributed by atoms with van der Waals surface area (Å²) in [6.07, 6.45) is 1.54. The summed E-state index contributed by atoms with van der Waals surface area (Å²) in [5, 5.41) is 1.02. The molecule has 0 amide bonds. The third-order valence-electron chi connectivity index (χ3n) is 2.55. The van der Waals surface area contributed by atoms with Crippen molar-refractivity contribution in [1.82, 2.24) is 4.72 Å². The fourth-order valence-electron chi connectivity index (χ4n) is 1.65. The van der Waals surface area contributed by atoms with Crippen molar-refractivity contribution < 1.29 is 17.9 Å². The van der Waals surface area contributed by atoms with Crippen LogP contribution < -0.4 is 4.72 Å². The van der Waals surface area contributed by atoms with Crippen molar-refractivity contribution in [1.29, 1.82) is 0 Å². The molecule has 1 aromatic carbocycles. The lowest BCUT2D eigenvalue weighted by molar-refractivity contribution is 0.0508. The van der Waals surface area contributed by atoms with Crippen LogP contribution in [0.2, 0.25) is 0 Å². The number of carbonyl (C=O) groups is 1. The Labute approximate surface area is 121 Å².